The fraction of sp³-hybridized carbons (Fsp3) is 0.125. The number of nitrogens with one attached hydrogen (secondary N) is 1. The second-order valence-electron chi connectivity index (χ2n) is 4.97. The molecule has 116 valence electrons. The first-order valence-electron chi connectivity index (χ1n) is 7.06. The van der Waals surface area contributed by atoms with E-state index in [0.29, 0.717) is 17.8 Å². The zero-order valence-electron chi connectivity index (χ0n) is 12.3. The molecule has 7 nitrogen and oxygen atoms in total. The molecule has 0 unspecified atom stereocenters. The summed E-state index contributed by atoms with van der Waals surface area (Å²) in [6, 6.07) is 14.5. The van der Waals surface area contributed by atoms with Crippen LogP contribution in [0, 0.1) is 0 Å². The van der Waals surface area contributed by atoms with Crippen LogP contribution in [-0.4, -0.2) is 31.2 Å². The minimum absolute atomic E-state index is 0.0181. The second kappa shape index (κ2) is 6.80. The van der Waals surface area contributed by atoms with E-state index in [-0.39, 0.29) is 12.5 Å². The van der Waals surface area contributed by atoms with Crippen molar-refractivity contribution in [2.45, 2.75) is 13.2 Å². The highest BCUT2D eigenvalue weighted by molar-refractivity contribution is 5.94. The standard InChI is InChI=1S/C16H15N5O2/c22-10-13-4-1-3-12(7-13)9-17-16(23)14-5-2-6-15(8-14)21-11-18-19-20-21/h1-8,11,22H,9-10H2,(H,17,23). The predicted molar refractivity (Wildman–Crippen MR) is 82.7 cm³/mol. The van der Waals surface area contributed by atoms with Gasteiger partial charge < -0.3 is 10.4 Å². The average Bonchev–Trinajstić information content (AvgIpc) is 3.14. The minimum atomic E-state index is -0.186. The lowest BCUT2D eigenvalue weighted by Gasteiger charge is -2.08. The van der Waals surface area contributed by atoms with E-state index >= 15 is 0 Å². The van der Waals surface area contributed by atoms with Crippen molar-refractivity contribution in [2.24, 2.45) is 0 Å². The van der Waals surface area contributed by atoms with Crippen LogP contribution < -0.4 is 5.32 Å². The maximum Gasteiger partial charge on any atom is 0.251 e. The molecule has 3 aromatic rings. The highest BCUT2D eigenvalue weighted by Gasteiger charge is 2.07. The van der Waals surface area contributed by atoms with Gasteiger partial charge in [-0.3, -0.25) is 4.79 Å². The van der Waals surface area contributed by atoms with Crippen LogP contribution in [0.4, 0.5) is 0 Å². The summed E-state index contributed by atoms with van der Waals surface area (Å²) in [5, 5.41) is 22.9. The third-order valence-electron chi connectivity index (χ3n) is 3.35. The Balaban J connectivity index is 1.70. The largest absolute Gasteiger partial charge is 0.392 e. The Morgan fingerprint density at radius 3 is 2.74 bits per heavy atom. The number of aliphatic hydroxyl groups excluding tert-OH is 1. The monoisotopic (exact) mass is 309 g/mol. The molecule has 3 rings (SSSR count). The van der Waals surface area contributed by atoms with Crippen molar-refractivity contribution >= 4 is 5.91 Å². The van der Waals surface area contributed by atoms with Gasteiger partial charge in [0.25, 0.3) is 5.91 Å². The molecule has 0 spiro atoms. The van der Waals surface area contributed by atoms with Crippen molar-refractivity contribution in [3.05, 3.63) is 71.5 Å². The molecule has 0 atom stereocenters. The highest BCUT2D eigenvalue weighted by atomic mass is 16.3. The van der Waals surface area contributed by atoms with E-state index in [4.69, 9.17) is 5.11 Å². The number of amides is 1. The molecule has 0 bridgehead atoms. The van der Waals surface area contributed by atoms with Gasteiger partial charge in [0.1, 0.15) is 6.33 Å². The zero-order chi connectivity index (χ0) is 16.1. The molecule has 2 aromatic carbocycles. The molecule has 0 aliphatic rings. The van der Waals surface area contributed by atoms with Gasteiger partial charge in [0, 0.05) is 12.1 Å². The van der Waals surface area contributed by atoms with Crippen molar-refractivity contribution in [1.82, 2.24) is 25.5 Å². The summed E-state index contributed by atoms with van der Waals surface area (Å²) in [4.78, 5) is 12.3. The zero-order valence-corrected chi connectivity index (χ0v) is 12.3. The topological polar surface area (TPSA) is 92.9 Å². The van der Waals surface area contributed by atoms with Crippen LogP contribution >= 0.6 is 0 Å². The van der Waals surface area contributed by atoms with Gasteiger partial charge in [-0.05, 0) is 39.8 Å². The number of aromatic nitrogens is 4. The second-order valence-corrected chi connectivity index (χ2v) is 4.97. The maximum atomic E-state index is 12.3. The molecule has 0 aliphatic carbocycles. The van der Waals surface area contributed by atoms with E-state index in [2.05, 4.69) is 20.8 Å². The van der Waals surface area contributed by atoms with Gasteiger partial charge in [0.05, 0.1) is 12.3 Å². The molecule has 1 amide bonds. The number of hydrogen-bond acceptors (Lipinski definition) is 5. The van der Waals surface area contributed by atoms with E-state index in [0.717, 1.165) is 11.1 Å². The molecule has 0 fully saturated rings. The van der Waals surface area contributed by atoms with Gasteiger partial charge in [-0.25, -0.2) is 4.68 Å². The fourth-order valence-electron chi connectivity index (χ4n) is 2.19. The maximum absolute atomic E-state index is 12.3. The summed E-state index contributed by atoms with van der Waals surface area (Å²) in [7, 11) is 0. The summed E-state index contributed by atoms with van der Waals surface area (Å²) in [6.45, 7) is 0.373. The SMILES string of the molecule is O=C(NCc1cccc(CO)c1)c1cccc(-n2cnnn2)c1. The van der Waals surface area contributed by atoms with E-state index in [1.807, 2.05) is 30.3 Å². The molecular formula is C16H15N5O2. The average molecular weight is 309 g/mol. The van der Waals surface area contributed by atoms with Gasteiger partial charge in [-0.1, -0.05) is 30.3 Å². The Kier molecular flexibility index (Phi) is 4.39. The molecule has 0 radical (unpaired) electrons. The summed E-state index contributed by atoms with van der Waals surface area (Å²) in [5.74, 6) is -0.186. The fourth-order valence-corrected chi connectivity index (χ4v) is 2.19. The quantitative estimate of drug-likeness (QED) is 0.736. The molecular weight excluding hydrogens is 294 g/mol. The summed E-state index contributed by atoms with van der Waals surface area (Å²) in [5.41, 5.74) is 2.99. The van der Waals surface area contributed by atoms with Gasteiger partial charge >= 0.3 is 0 Å². The van der Waals surface area contributed by atoms with Crippen LogP contribution in [0.1, 0.15) is 21.5 Å². The van der Waals surface area contributed by atoms with Gasteiger partial charge in [-0.15, -0.1) is 5.10 Å². The van der Waals surface area contributed by atoms with Crippen LogP contribution in [0.2, 0.25) is 0 Å². The number of nitrogens with zero attached hydrogens (tertiary/aromatic N) is 4. The van der Waals surface area contributed by atoms with E-state index < -0.39 is 0 Å². The first-order valence-corrected chi connectivity index (χ1v) is 7.06. The molecule has 1 aromatic heterocycles. The minimum Gasteiger partial charge on any atom is -0.392 e. The van der Waals surface area contributed by atoms with Gasteiger partial charge in [0.15, 0.2) is 0 Å². The van der Waals surface area contributed by atoms with E-state index in [9.17, 15) is 4.79 Å². The van der Waals surface area contributed by atoms with Crippen LogP contribution in [0.5, 0.6) is 0 Å². The van der Waals surface area contributed by atoms with Gasteiger partial charge in [0.2, 0.25) is 0 Å². The Morgan fingerprint density at radius 2 is 1.96 bits per heavy atom. The summed E-state index contributed by atoms with van der Waals surface area (Å²) in [6.07, 6.45) is 1.47. The number of benzene rings is 2. The van der Waals surface area contributed by atoms with Crippen molar-refractivity contribution in [3.63, 3.8) is 0 Å². The predicted octanol–water partition coefficient (Wildman–Crippen LogP) is 1.08. The normalized spacial score (nSPS) is 10.5. The number of rotatable bonds is 5. The van der Waals surface area contributed by atoms with Gasteiger partial charge in [-0.2, -0.15) is 0 Å². The van der Waals surface area contributed by atoms with Crippen molar-refractivity contribution in [1.29, 1.82) is 0 Å². The molecule has 2 N–H and O–H groups in total. The molecule has 0 saturated carbocycles. The van der Waals surface area contributed by atoms with Crippen molar-refractivity contribution in [2.75, 3.05) is 0 Å². The number of carbonyl (C=O) groups excluding carboxylic acids is 1. The Morgan fingerprint density at radius 1 is 1.13 bits per heavy atom. The van der Waals surface area contributed by atoms with Crippen LogP contribution in [0.3, 0.4) is 0 Å². The Hall–Kier alpha value is -3.06. The first-order chi connectivity index (χ1) is 11.3. The highest BCUT2D eigenvalue weighted by Crippen LogP contribution is 2.10. The Labute approximate surface area is 132 Å². The number of tetrazole rings is 1. The van der Waals surface area contributed by atoms with Crippen molar-refractivity contribution < 1.29 is 9.90 Å². The lowest BCUT2D eigenvalue weighted by atomic mass is 10.1. The molecule has 23 heavy (non-hydrogen) atoms. The third-order valence-corrected chi connectivity index (χ3v) is 3.35. The lowest BCUT2D eigenvalue weighted by molar-refractivity contribution is 0.0951. The molecule has 0 aliphatic heterocycles. The number of aliphatic hydroxyl groups is 1. The van der Waals surface area contributed by atoms with Crippen LogP contribution in [0.25, 0.3) is 5.69 Å². The Bertz CT molecular complexity index is 802. The smallest absolute Gasteiger partial charge is 0.251 e. The third kappa shape index (κ3) is 3.58. The summed E-state index contributed by atoms with van der Waals surface area (Å²) < 4.78 is 1.49. The number of carbonyl (C=O) groups is 1. The lowest BCUT2D eigenvalue weighted by Crippen LogP contribution is -2.23. The van der Waals surface area contributed by atoms with E-state index in [1.54, 1.807) is 18.2 Å². The first kappa shape index (κ1) is 14.9. The molecule has 1 heterocycles. The molecule has 7 heteroatoms. The van der Waals surface area contributed by atoms with E-state index in [1.165, 1.54) is 11.0 Å². The van der Waals surface area contributed by atoms with Crippen LogP contribution in [0.15, 0.2) is 54.9 Å². The van der Waals surface area contributed by atoms with Crippen molar-refractivity contribution in [3.8, 4) is 5.69 Å². The van der Waals surface area contributed by atoms with Crippen LogP contribution in [-0.2, 0) is 13.2 Å². The summed E-state index contributed by atoms with van der Waals surface area (Å²) >= 11 is 0. The molecule has 0 saturated heterocycles. The number of hydrogen-bond donors (Lipinski definition) is 2.